The van der Waals surface area contributed by atoms with Crippen LogP contribution in [0.15, 0.2) is 30.3 Å². The molecule has 0 amide bonds. The van der Waals surface area contributed by atoms with Gasteiger partial charge in [-0.05, 0) is 6.42 Å². The minimum atomic E-state index is -0.826. The molecule has 0 saturated carbocycles. The Hall–Kier alpha value is 0.293. The monoisotopic (exact) mass is 387 g/mol. The summed E-state index contributed by atoms with van der Waals surface area (Å²) in [5.41, 5.74) is 3.22. The zero-order chi connectivity index (χ0) is 14.8. The molecule has 0 saturated heterocycles. The first-order valence-corrected chi connectivity index (χ1v) is 13.7. The standard InChI is InChI=1S/C17H23.2ClH.Zr/c1-3-5-9-14-13-15-10-7-8-12-17(15)16(14)11-6-4-2;;;/h7-8,10,12-13H,3-6,9,11H2,1-2H3;2*1H;/q-1;;;+2/p-2. The van der Waals surface area contributed by atoms with Crippen molar-refractivity contribution in [3.63, 3.8) is 0 Å². The van der Waals surface area contributed by atoms with Crippen molar-refractivity contribution in [2.24, 2.45) is 0 Å². The van der Waals surface area contributed by atoms with Gasteiger partial charge in [0.2, 0.25) is 0 Å². The van der Waals surface area contributed by atoms with Gasteiger partial charge in [-0.25, -0.2) is 0 Å². The van der Waals surface area contributed by atoms with E-state index in [2.05, 4.69) is 44.2 Å². The predicted octanol–water partition coefficient (Wildman–Crippen LogP) is 6.62. The molecule has 0 heterocycles. The summed E-state index contributed by atoms with van der Waals surface area (Å²) in [4.78, 5) is 0. The molecule has 0 aromatic heterocycles. The molecule has 0 aliphatic rings. The molecular weight excluding hydrogens is 366 g/mol. The van der Waals surface area contributed by atoms with E-state index in [4.69, 9.17) is 17.0 Å². The van der Waals surface area contributed by atoms with Gasteiger partial charge < -0.3 is 0 Å². The third-order valence-electron chi connectivity index (χ3n) is 3.58. The molecule has 0 aliphatic heterocycles. The second kappa shape index (κ2) is 10.9. The van der Waals surface area contributed by atoms with Crippen molar-refractivity contribution < 1.29 is 20.8 Å². The Labute approximate surface area is 141 Å². The summed E-state index contributed by atoms with van der Waals surface area (Å²) in [7, 11) is 9.87. The number of hydrogen-bond donors (Lipinski definition) is 0. The predicted molar refractivity (Wildman–Crippen MR) is 88.5 cm³/mol. The molecule has 0 bridgehead atoms. The first-order chi connectivity index (χ1) is 9.78. The first-order valence-electron chi connectivity index (χ1n) is 7.40. The summed E-state index contributed by atoms with van der Waals surface area (Å²) in [5.74, 6) is 0. The van der Waals surface area contributed by atoms with Gasteiger partial charge in [-0.2, -0.15) is 5.56 Å². The number of unbranched alkanes of at least 4 members (excludes halogenated alkanes) is 2. The fourth-order valence-electron chi connectivity index (χ4n) is 2.58. The van der Waals surface area contributed by atoms with Crippen LogP contribution in [0.25, 0.3) is 10.8 Å². The number of hydrogen-bond acceptors (Lipinski definition) is 0. The van der Waals surface area contributed by atoms with Crippen LogP contribution in [0.1, 0.15) is 50.7 Å². The maximum absolute atomic E-state index is 4.93. The van der Waals surface area contributed by atoms with Crippen LogP contribution in [0.3, 0.4) is 0 Å². The fraction of sp³-hybridized carbons (Fsp3) is 0.471. The van der Waals surface area contributed by atoms with Crippen molar-refractivity contribution in [2.45, 2.75) is 52.4 Å². The molecule has 2 aromatic carbocycles. The summed E-state index contributed by atoms with van der Waals surface area (Å²) >= 11 is -0.826. The van der Waals surface area contributed by atoms with Gasteiger partial charge in [0.1, 0.15) is 0 Å². The van der Waals surface area contributed by atoms with Crippen LogP contribution in [0.2, 0.25) is 0 Å². The molecule has 0 aliphatic carbocycles. The number of benzene rings is 1. The van der Waals surface area contributed by atoms with Crippen molar-refractivity contribution in [3.8, 4) is 0 Å². The van der Waals surface area contributed by atoms with Gasteiger partial charge in [-0.15, -0.1) is 40.6 Å². The van der Waals surface area contributed by atoms with E-state index in [9.17, 15) is 0 Å². The zero-order valence-corrected chi connectivity index (χ0v) is 16.4. The second-order valence-corrected chi connectivity index (χ2v) is 8.75. The van der Waals surface area contributed by atoms with Crippen molar-refractivity contribution in [2.75, 3.05) is 0 Å². The van der Waals surface area contributed by atoms with Gasteiger partial charge in [-0.3, -0.25) is 0 Å². The summed E-state index contributed by atoms with van der Waals surface area (Å²) in [5, 5.41) is 2.93. The van der Waals surface area contributed by atoms with E-state index in [1.54, 1.807) is 11.1 Å². The fourth-order valence-corrected chi connectivity index (χ4v) is 2.58. The zero-order valence-electron chi connectivity index (χ0n) is 12.4. The molecule has 0 atom stereocenters. The van der Waals surface area contributed by atoms with Crippen molar-refractivity contribution in [1.82, 2.24) is 0 Å². The van der Waals surface area contributed by atoms with Crippen LogP contribution < -0.4 is 0 Å². The van der Waals surface area contributed by atoms with Gasteiger partial charge in [0.15, 0.2) is 0 Å². The molecule has 2 aromatic rings. The summed E-state index contributed by atoms with van der Waals surface area (Å²) in [6.45, 7) is 4.55. The van der Waals surface area contributed by atoms with E-state index in [0.717, 1.165) is 0 Å². The van der Waals surface area contributed by atoms with E-state index in [-0.39, 0.29) is 0 Å². The summed E-state index contributed by atoms with van der Waals surface area (Å²) in [6, 6.07) is 11.3. The van der Waals surface area contributed by atoms with Crippen LogP contribution in [0.4, 0.5) is 0 Å². The Balaban J connectivity index is 0.000000612. The molecule has 0 unspecified atom stereocenters. The number of aryl methyl sites for hydroxylation is 2. The summed E-state index contributed by atoms with van der Waals surface area (Å²) < 4.78 is 0. The Bertz CT molecular complexity index is 491. The Morgan fingerprint density at radius 3 is 2.25 bits per heavy atom. The molecule has 0 fully saturated rings. The number of fused-ring (bicyclic) bond motifs is 1. The Kier molecular flexibility index (Phi) is 10.0. The van der Waals surface area contributed by atoms with E-state index in [1.807, 2.05) is 0 Å². The van der Waals surface area contributed by atoms with Gasteiger partial charge >= 0.3 is 37.9 Å². The average molecular weight is 390 g/mol. The van der Waals surface area contributed by atoms with Crippen LogP contribution >= 0.6 is 17.0 Å². The van der Waals surface area contributed by atoms with Crippen molar-refractivity contribution >= 4 is 27.8 Å². The maximum atomic E-state index is 4.93. The van der Waals surface area contributed by atoms with Gasteiger partial charge in [0, 0.05) is 0 Å². The Morgan fingerprint density at radius 2 is 1.60 bits per heavy atom. The minimum absolute atomic E-state index is 0.826. The third-order valence-corrected chi connectivity index (χ3v) is 3.58. The van der Waals surface area contributed by atoms with Gasteiger partial charge in [0.25, 0.3) is 0 Å². The van der Waals surface area contributed by atoms with Gasteiger partial charge in [0.05, 0.1) is 0 Å². The van der Waals surface area contributed by atoms with E-state index < -0.39 is 20.8 Å². The van der Waals surface area contributed by atoms with Crippen LogP contribution in [-0.2, 0) is 33.7 Å². The molecule has 110 valence electrons. The number of halogens is 2. The van der Waals surface area contributed by atoms with E-state index in [0.29, 0.717) is 0 Å². The van der Waals surface area contributed by atoms with Crippen LogP contribution in [0.5, 0.6) is 0 Å². The van der Waals surface area contributed by atoms with Gasteiger partial charge in [-0.1, -0.05) is 52.0 Å². The second-order valence-electron chi connectivity index (χ2n) is 5.01. The third kappa shape index (κ3) is 5.59. The van der Waals surface area contributed by atoms with E-state index >= 15 is 0 Å². The number of rotatable bonds is 6. The van der Waals surface area contributed by atoms with Crippen molar-refractivity contribution in [1.29, 1.82) is 0 Å². The molecule has 0 N–H and O–H groups in total. The SMILES string of the molecule is CCCCc1[cH-]c2ccccc2c1CCCC.[Cl][Zr][Cl]. The average Bonchev–Trinajstić information content (AvgIpc) is 2.81. The molecule has 0 nitrogen and oxygen atoms in total. The van der Waals surface area contributed by atoms with Crippen LogP contribution in [0, 0.1) is 0 Å². The van der Waals surface area contributed by atoms with E-state index in [1.165, 1.54) is 49.3 Å². The molecule has 2 rings (SSSR count). The molecular formula is C17H23Cl2Zr-. The normalized spacial score (nSPS) is 10.2. The quantitative estimate of drug-likeness (QED) is 0.487. The molecule has 0 radical (unpaired) electrons. The molecule has 3 heteroatoms. The Morgan fingerprint density at radius 1 is 1.00 bits per heavy atom. The molecule has 20 heavy (non-hydrogen) atoms. The topological polar surface area (TPSA) is 0 Å². The summed E-state index contributed by atoms with van der Waals surface area (Å²) in [6.07, 6.45) is 7.71. The molecule has 0 spiro atoms. The first kappa shape index (κ1) is 18.3. The van der Waals surface area contributed by atoms with Crippen LogP contribution in [-0.4, -0.2) is 0 Å². The van der Waals surface area contributed by atoms with Crippen molar-refractivity contribution in [3.05, 3.63) is 41.5 Å².